The number of aryl methyl sites for hydroxylation is 1. The second-order valence-electron chi connectivity index (χ2n) is 5.62. The third kappa shape index (κ3) is 4.82. The standard InChI is InChI=1S/C18H17F3N2O2/c1-12-6-5-7-13(10-12)17(25)23(2)11-16(24)22-15-9-4-3-8-14(15)18(19,20)21/h3-10H,11H2,1-2H3,(H,22,24). The number of carbonyl (C=O) groups excluding carboxylic acids is 2. The van der Waals surface area contributed by atoms with Crippen molar-refractivity contribution in [1.29, 1.82) is 0 Å². The first-order valence-electron chi connectivity index (χ1n) is 7.46. The molecule has 0 heterocycles. The van der Waals surface area contributed by atoms with Gasteiger partial charge < -0.3 is 10.2 Å². The summed E-state index contributed by atoms with van der Waals surface area (Å²) in [6.07, 6.45) is -4.58. The summed E-state index contributed by atoms with van der Waals surface area (Å²) >= 11 is 0. The van der Waals surface area contributed by atoms with Gasteiger partial charge in [0.1, 0.15) is 0 Å². The number of benzene rings is 2. The van der Waals surface area contributed by atoms with Crippen LogP contribution in [0.2, 0.25) is 0 Å². The van der Waals surface area contributed by atoms with E-state index in [0.717, 1.165) is 16.5 Å². The van der Waals surface area contributed by atoms with E-state index in [2.05, 4.69) is 5.32 Å². The Hall–Kier alpha value is -2.83. The van der Waals surface area contributed by atoms with Crippen LogP contribution in [-0.2, 0) is 11.0 Å². The average molecular weight is 350 g/mol. The third-order valence-corrected chi connectivity index (χ3v) is 3.50. The number of carbonyl (C=O) groups is 2. The zero-order chi connectivity index (χ0) is 18.6. The van der Waals surface area contributed by atoms with Crippen LogP contribution in [0.4, 0.5) is 18.9 Å². The zero-order valence-electron chi connectivity index (χ0n) is 13.7. The Bertz CT molecular complexity index is 788. The fourth-order valence-electron chi connectivity index (χ4n) is 2.31. The predicted octanol–water partition coefficient (Wildman–Crippen LogP) is 3.72. The van der Waals surface area contributed by atoms with E-state index in [9.17, 15) is 22.8 Å². The maximum Gasteiger partial charge on any atom is 0.418 e. The van der Waals surface area contributed by atoms with Crippen molar-refractivity contribution in [3.05, 3.63) is 65.2 Å². The van der Waals surface area contributed by atoms with E-state index in [1.54, 1.807) is 18.2 Å². The number of anilines is 1. The monoisotopic (exact) mass is 350 g/mol. The van der Waals surface area contributed by atoms with Crippen molar-refractivity contribution in [3.63, 3.8) is 0 Å². The highest BCUT2D eigenvalue weighted by molar-refractivity contribution is 5.99. The van der Waals surface area contributed by atoms with E-state index < -0.39 is 17.6 Å². The molecule has 2 amide bonds. The van der Waals surface area contributed by atoms with Gasteiger partial charge in [-0.25, -0.2) is 0 Å². The van der Waals surface area contributed by atoms with Crippen molar-refractivity contribution in [2.24, 2.45) is 0 Å². The minimum Gasteiger partial charge on any atom is -0.332 e. The van der Waals surface area contributed by atoms with Crippen molar-refractivity contribution in [2.75, 3.05) is 18.9 Å². The van der Waals surface area contributed by atoms with E-state index in [1.165, 1.54) is 25.2 Å². The molecular formula is C18H17F3N2O2. The minimum absolute atomic E-state index is 0.337. The summed E-state index contributed by atoms with van der Waals surface area (Å²) in [5.74, 6) is -1.09. The Morgan fingerprint density at radius 3 is 2.40 bits per heavy atom. The van der Waals surface area contributed by atoms with Gasteiger partial charge >= 0.3 is 6.18 Å². The molecule has 132 valence electrons. The molecule has 25 heavy (non-hydrogen) atoms. The average Bonchev–Trinajstić information content (AvgIpc) is 2.53. The minimum atomic E-state index is -4.58. The Morgan fingerprint density at radius 2 is 1.76 bits per heavy atom. The first kappa shape index (κ1) is 18.5. The molecule has 0 unspecified atom stereocenters. The fraction of sp³-hybridized carbons (Fsp3) is 0.222. The molecule has 0 fully saturated rings. The van der Waals surface area contributed by atoms with Gasteiger partial charge in [-0.15, -0.1) is 0 Å². The Balaban J connectivity index is 2.07. The van der Waals surface area contributed by atoms with Crippen LogP contribution in [0.25, 0.3) is 0 Å². The van der Waals surface area contributed by atoms with Gasteiger partial charge in [0.15, 0.2) is 0 Å². The van der Waals surface area contributed by atoms with Crippen LogP contribution in [0.1, 0.15) is 21.5 Å². The van der Waals surface area contributed by atoms with Gasteiger partial charge in [0, 0.05) is 12.6 Å². The van der Waals surface area contributed by atoms with Gasteiger partial charge in [0.05, 0.1) is 17.8 Å². The summed E-state index contributed by atoms with van der Waals surface area (Å²) in [6.45, 7) is 1.47. The molecule has 2 aromatic carbocycles. The van der Waals surface area contributed by atoms with Crippen molar-refractivity contribution >= 4 is 17.5 Å². The molecule has 0 saturated carbocycles. The first-order chi connectivity index (χ1) is 11.7. The molecule has 0 aliphatic carbocycles. The van der Waals surface area contributed by atoms with Crippen LogP contribution >= 0.6 is 0 Å². The molecule has 0 bridgehead atoms. The van der Waals surface area contributed by atoms with Crippen LogP contribution < -0.4 is 5.32 Å². The van der Waals surface area contributed by atoms with Crippen LogP contribution in [0, 0.1) is 6.92 Å². The van der Waals surface area contributed by atoms with Crippen LogP contribution in [0.3, 0.4) is 0 Å². The molecule has 7 heteroatoms. The van der Waals surface area contributed by atoms with Crippen LogP contribution in [0.15, 0.2) is 48.5 Å². The fourth-order valence-corrected chi connectivity index (χ4v) is 2.31. The number of halogens is 3. The molecule has 0 aromatic heterocycles. The number of para-hydroxylation sites is 1. The molecule has 0 saturated heterocycles. The molecule has 0 radical (unpaired) electrons. The van der Waals surface area contributed by atoms with E-state index >= 15 is 0 Å². The number of alkyl halides is 3. The van der Waals surface area contributed by atoms with Crippen molar-refractivity contribution < 1.29 is 22.8 Å². The highest BCUT2D eigenvalue weighted by atomic mass is 19.4. The molecule has 2 rings (SSSR count). The topological polar surface area (TPSA) is 49.4 Å². The molecule has 0 spiro atoms. The lowest BCUT2D eigenvalue weighted by atomic mass is 10.1. The van der Waals surface area contributed by atoms with E-state index in [1.807, 2.05) is 13.0 Å². The Morgan fingerprint density at radius 1 is 1.08 bits per heavy atom. The number of nitrogens with zero attached hydrogens (tertiary/aromatic N) is 1. The van der Waals surface area contributed by atoms with Crippen LogP contribution in [0.5, 0.6) is 0 Å². The molecule has 0 atom stereocenters. The molecule has 2 aromatic rings. The van der Waals surface area contributed by atoms with E-state index in [-0.39, 0.29) is 18.1 Å². The molecular weight excluding hydrogens is 333 g/mol. The lowest BCUT2D eigenvalue weighted by Crippen LogP contribution is -2.35. The first-order valence-corrected chi connectivity index (χ1v) is 7.46. The maximum absolute atomic E-state index is 12.9. The zero-order valence-corrected chi connectivity index (χ0v) is 13.7. The molecule has 0 aliphatic rings. The number of rotatable bonds is 4. The normalized spacial score (nSPS) is 11.1. The van der Waals surface area contributed by atoms with Crippen molar-refractivity contribution in [3.8, 4) is 0 Å². The quantitative estimate of drug-likeness (QED) is 0.914. The summed E-state index contributed by atoms with van der Waals surface area (Å²) < 4.78 is 38.8. The van der Waals surface area contributed by atoms with Gasteiger partial charge in [-0.1, -0.05) is 29.8 Å². The second-order valence-corrected chi connectivity index (χ2v) is 5.62. The molecule has 0 aliphatic heterocycles. The number of hydrogen-bond donors (Lipinski definition) is 1. The number of likely N-dealkylation sites (N-methyl/N-ethyl adjacent to an activating group) is 1. The highest BCUT2D eigenvalue weighted by Crippen LogP contribution is 2.34. The van der Waals surface area contributed by atoms with Crippen molar-refractivity contribution in [1.82, 2.24) is 4.90 Å². The highest BCUT2D eigenvalue weighted by Gasteiger charge is 2.33. The second kappa shape index (κ2) is 7.38. The van der Waals surface area contributed by atoms with Gasteiger partial charge in [-0.2, -0.15) is 13.2 Å². The van der Waals surface area contributed by atoms with Gasteiger partial charge in [-0.3, -0.25) is 9.59 Å². The molecule has 1 N–H and O–H groups in total. The summed E-state index contributed by atoms with van der Waals surface area (Å²) in [6, 6.07) is 11.5. The summed E-state index contributed by atoms with van der Waals surface area (Å²) in [7, 11) is 1.42. The number of amides is 2. The third-order valence-electron chi connectivity index (χ3n) is 3.50. The summed E-state index contributed by atoms with van der Waals surface area (Å²) in [5.41, 5.74) is 0.0289. The Labute approximate surface area is 143 Å². The van der Waals surface area contributed by atoms with Gasteiger partial charge in [0.2, 0.25) is 5.91 Å². The van der Waals surface area contributed by atoms with Crippen LogP contribution in [-0.4, -0.2) is 30.3 Å². The van der Waals surface area contributed by atoms with E-state index in [0.29, 0.717) is 5.56 Å². The summed E-state index contributed by atoms with van der Waals surface area (Å²) in [5, 5.41) is 2.21. The van der Waals surface area contributed by atoms with Gasteiger partial charge in [0.25, 0.3) is 5.91 Å². The number of hydrogen-bond acceptors (Lipinski definition) is 2. The lowest BCUT2D eigenvalue weighted by molar-refractivity contribution is -0.137. The lowest BCUT2D eigenvalue weighted by Gasteiger charge is -2.18. The number of nitrogens with one attached hydrogen (secondary N) is 1. The smallest absolute Gasteiger partial charge is 0.332 e. The Kier molecular flexibility index (Phi) is 5.46. The van der Waals surface area contributed by atoms with Crippen molar-refractivity contribution in [2.45, 2.75) is 13.1 Å². The molecule has 4 nitrogen and oxygen atoms in total. The van der Waals surface area contributed by atoms with Gasteiger partial charge in [-0.05, 0) is 31.2 Å². The SMILES string of the molecule is Cc1cccc(C(=O)N(C)CC(=O)Nc2ccccc2C(F)(F)F)c1. The largest absolute Gasteiger partial charge is 0.418 e. The predicted molar refractivity (Wildman–Crippen MR) is 88.2 cm³/mol. The maximum atomic E-state index is 12.9. The summed E-state index contributed by atoms with van der Waals surface area (Å²) in [4.78, 5) is 25.5. The van der Waals surface area contributed by atoms with E-state index in [4.69, 9.17) is 0 Å².